The van der Waals surface area contributed by atoms with Crippen molar-refractivity contribution in [3.8, 4) is 0 Å². The Hall–Kier alpha value is -1.43. The second kappa shape index (κ2) is 4.92. The van der Waals surface area contributed by atoms with E-state index in [0.29, 0.717) is 12.0 Å². The van der Waals surface area contributed by atoms with Crippen LogP contribution in [-0.2, 0) is 11.3 Å². The van der Waals surface area contributed by atoms with Gasteiger partial charge in [0, 0.05) is 0 Å². The van der Waals surface area contributed by atoms with E-state index < -0.39 is 5.91 Å². The van der Waals surface area contributed by atoms with E-state index in [1.807, 2.05) is 0 Å². The molecule has 104 valence electrons. The van der Waals surface area contributed by atoms with Crippen LogP contribution >= 0.6 is 0 Å². The zero-order valence-electron chi connectivity index (χ0n) is 11.0. The number of nitrogens with two attached hydrogens (primary N) is 1. The lowest BCUT2D eigenvalue weighted by Crippen LogP contribution is -2.25. The average Bonchev–Trinajstić information content (AvgIpc) is 2.99. The highest BCUT2D eigenvalue weighted by molar-refractivity contribution is 5.90. The van der Waals surface area contributed by atoms with Gasteiger partial charge in [-0.1, -0.05) is 24.5 Å². The Bertz CT molecular complexity index is 465. The van der Waals surface area contributed by atoms with Gasteiger partial charge in [-0.15, -0.1) is 5.10 Å². The lowest BCUT2D eigenvalue weighted by atomic mass is 9.73. The summed E-state index contributed by atoms with van der Waals surface area (Å²) in [6.45, 7) is 1.52. The minimum absolute atomic E-state index is 0.181. The van der Waals surface area contributed by atoms with Crippen LogP contribution in [0, 0.1) is 5.41 Å². The summed E-state index contributed by atoms with van der Waals surface area (Å²) >= 11 is 0. The standard InChI is InChI=1S/C13H20N4O2/c14-12(18)11-8-17(16-15-11)7-10-6-13(9-19-10)4-2-1-3-5-13/h8,10H,1-7,9H2,(H2,14,18). The summed E-state index contributed by atoms with van der Waals surface area (Å²) in [6, 6.07) is 0. The molecule has 1 unspecified atom stereocenters. The van der Waals surface area contributed by atoms with Gasteiger partial charge in [0.25, 0.3) is 5.91 Å². The molecule has 6 nitrogen and oxygen atoms in total. The molecule has 3 rings (SSSR count). The first-order valence-corrected chi connectivity index (χ1v) is 6.98. The molecule has 1 aliphatic heterocycles. The third kappa shape index (κ3) is 2.63. The highest BCUT2D eigenvalue weighted by atomic mass is 16.5. The molecule has 0 radical (unpaired) electrons. The van der Waals surface area contributed by atoms with Gasteiger partial charge in [0.15, 0.2) is 5.69 Å². The maximum absolute atomic E-state index is 11.0. The van der Waals surface area contributed by atoms with Crippen LogP contribution in [0.4, 0.5) is 0 Å². The third-order valence-electron chi connectivity index (χ3n) is 4.38. The van der Waals surface area contributed by atoms with Crippen molar-refractivity contribution in [2.75, 3.05) is 6.61 Å². The highest BCUT2D eigenvalue weighted by Gasteiger charge is 2.40. The number of hydrogen-bond donors (Lipinski definition) is 1. The predicted molar refractivity (Wildman–Crippen MR) is 68.4 cm³/mol. The van der Waals surface area contributed by atoms with Crippen LogP contribution in [0.2, 0.25) is 0 Å². The van der Waals surface area contributed by atoms with Gasteiger partial charge in [-0.3, -0.25) is 4.79 Å². The number of amides is 1. The van der Waals surface area contributed by atoms with E-state index >= 15 is 0 Å². The fourth-order valence-corrected chi connectivity index (χ4v) is 3.37. The van der Waals surface area contributed by atoms with Gasteiger partial charge in [0.05, 0.1) is 25.5 Å². The molecule has 2 fully saturated rings. The number of ether oxygens (including phenoxy) is 1. The summed E-state index contributed by atoms with van der Waals surface area (Å²) in [5.41, 5.74) is 5.77. The second-order valence-corrected chi connectivity index (χ2v) is 5.89. The van der Waals surface area contributed by atoms with Gasteiger partial charge < -0.3 is 10.5 Å². The van der Waals surface area contributed by atoms with Crippen LogP contribution in [0.5, 0.6) is 0 Å². The van der Waals surface area contributed by atoms with Crippen molar-refractivity contribution < 1.29 is 9.53 Å². The molecule has 2 heterocycles. The molecule has 1 amide bonds. The maximum atomic E-state index is 11.0. The molecule has 1 saturated carbocycles. The summed E-state index contributed by atoms with van der Waals surface area (Å²) in [5.74, 6) is -0.539. The molecule has 2 aliphatic rings. The summed E-state index contributed by atoms with van der Waals surface area (Å²) in [5, 5.41) is 7.66. The minimum atomic E-state index is -0.539. The van der Waals surface area contributed by atoms with Crippen LogP contribution in [-0.4, -0.2) is 33.6 Å². The van der Waals surface area contributed by atoms with E-state index in [-0.39, 0.29) is 11.8 Å². The van der Waals surface area contributed by atoms with E-state index in [9.17, 15) is 4.79 Å². The molecule has 19 heavy (non-hydrogen) atoms. The maximum Gasteiger partial charge on any atom is 0.270 e. The zero-order valence-corrected chi connectivity index (χ0v) is 11.0. The van der Waals surface area contributed by atoms with Crippen LogP contribution in [0.15, 0.2) is 6.20 Å². The minimum Gasteiger partial charge on any atom is -0.376 e. The molecule has 1 aromatic heterocycles. The number of aromatic nitrogens is 3. The van der Waals surface area contributed by atoms with Gasteiger partial charge in [0.1, 0.15) is 0 Å². The first kappa shape index (κ1) is 12.6. The number of rotatable bonds is 3. The smallest absolute Gasteiger partial charge is 0.270 e. The SMILES string of the molecule is NC(=O)c1cn(CC2CC3(CCCCC3)CO2)nn1. The first-order valence-electron chi connectivity index (χ1n) is 6.98. The monoisotopic (exact) mass is 264 g/mol. The summed E-state index contributed by atoms with van der Waals surface area (Å²) in [4.78, 5) is 11.0. The summed E-state index contributed by atoms with van der Waals surface area (Å²) in [6.07, 6.45) is 9.45. The quantitative estimate of drug-likeness (QED) is 0.886. The molecule has 1 aromatic rings. The Kier molecular flexibility index (Phi) is 3.26. The first-order chi connectivity index (χ1) is 9.17. The van der Waals surface area contributed by atoms with Crippen molar-refractivity contribution in [2.45, 2.75) is 51.2 Å². The van der Waals surface area contributed by atoms with Crippen molar-refractivity contribution in [3.63, 3.8) is 0 Å². The van der Waals surface area contributed by atoms with Crippen LogP contribution in [0.3, 0.4) is 0 Å². The number of nitrogens with zero attached hydrogens (tertiary/aromatic N) is 3. The van der Waals surface area contributed by atoms with Gasteiger partial charge in [-0.2, -0.15) is 0 Å². The van der Waals surface area contributed by atoms with Gasteiger partial charge in [0.2, 0.25) is 0 Å². The van der Waals surface area contributed by atoms with Crippen molar-refractivity contribution in [1.29, 1.82) is 0 Å². The number of carbonyl (C=O) groups excluding carboxylic acids is 1. The van der Waals surface area contributed by atoms with Crippen molar-refractivity contribution in [3.05, 3.63) is 11.9 Å². The number of carbonyl (C=O) groups is 1. The number of hydrogen-bond acceptors (Lipinski definition) is 4. The summed E-state index contributed by atoms with van der Waals surface area (Å²) in [7, 11) is 0. The average molecular weight is 264 g/mol. The van der Waals surface area contributed by atoms with Crippen LogP contribution < -0.4 is 5.73 Å². The Morgan fingerprint density at radius 3 is 2.95 bits per heavy atom. The van der Waals surface area contributed by atoms with E-state index in [1.165, 1.54) is 32.1 Å². The Balaban J connectivity index is 1.60. The molecule has 6 heteroatoms. The van der Waals surface area contributed by atoms with Gasteiger partial charge in [-0.05, 0) is 24.7 Å². The molecular weight excluding hydrogens is 244 g/mol. The van der Waals surface area contributed by atoms with E-state index in [2.05, 4.69) is 10.3 Å². The van der Waals surface area contributed by atoms with Crippen molar-refractivity contribution in [1.82, 2.24) is 15.0 Å². The van der Waals surface area contributed by atoms with Gasteiger partial charge >= 0.3 is 0 Å². The molecule has 1 atom stereocenters. The van der Waals surface area contributed by atoms with Gasteiger partial charge in [-0.25, -0.2) is 4.68 Å². The fourth-order valence-electron chi connectivity index (χ4n) is 3.37. The van der Waals surface area contributed by atoms with Crippen LogP contribution in [0.1, 0.15) is 49.0 Å². The Morgan fingerprint density at radius 1 is 1.47 bits per heavy atom. The van der Waals surface area contributed by atoms with Crippen LogP contribution in [0.25, 0.3) is 0 Å². The fraction of sp³-hybridized carbons (Fsp3) is 0.769. The lowest BCUT2D eigenvalue weighted by Gasteiger charge is -2.31. The normalized spacial score (nSPS) is 25.8. The third-order valence-corrected chi connectivity index (χ3v) is 4.38. The molecule has 2 N–H and O–H groups in total. The Labute approximate surface area is 112 Å². The highest BCUT2D eigenvalue weighted by Crippen LogP contribution is 2.45. The Morgan fingerprint density at radius 2 is 2.26 bits per heavy atom. The van der Waals surface area contributed by atoms with Crippen molar-refractivity contribution in [2.24, 2.45) is 11.1 Å². The largest absolute Gasteiger partial charge is 0.376 e. The topological polar surface area (TPSA) is 83.0 Å². The van der Waals surface area contributed by atoms with E-state index in [4.69, 9.17) is 10.5 Å². The molecule has 0 aromatic carbocycles. The molecule has 0 bridgehead atoms. The van der Waals surface area contributed by atoms with E-state index in [0.717, 1.165) is 13.0 Å². The molecule has 1 saturated heterocycles. The summed E-state index contributed by atoms with van der Waals surface area (Å²) < 4.78 is 7.57. The van der Waals surface area contributed by atoms with Crippen molar-refractivity contribution >= 4 is 5.91 Å². The zero-order chi connectivity index (χ0) is 13.3. The lowest BCUT2D eigenvalue weighted by molar-refractivity contribution is 0.0736. The second-order valence-electron chi connectivity index (χ2n) is 5.89. The molecule has 1 spiro atoms. The number of primary amides is 1. The van der Waals surface area contributed by atoms with E-state index in [1.54, 1.807) is 10.9 Å². The molecule has 1 aliphatic carbocycles. The molecular formula is C13H20N4O2. The predicted octanol–water partition coefficient (Wildman–Crippen LogP) is 1.12.